The number of piperidine rings is 1. The molecule has 1 heterocycles. The maximum Gasteiger partial charge on any atom is 0.410 e. The van der Waals surface area contributed by atoms with Gasteiger partial charge in [-0.2, -0.15) is 0 Å². The van der Waals surface area contributed by atoms with Crippen molar-refractivity contribution in [2.24, 2.45) is 5.41 Å². The van der Waals surface area contributed by atoms with Gasteiger partial charge in [-0.15, -0.1) is 11.6 Å². The van der Waals surface area contributed by atoms with Crippen molar-refractivity contribution in [3.05, 3.63) is 0 Å². The number of methoxy groups -OCH3 is 1. The third-order valence-corrected chi connectivity index (χ3v) is 3.76. The van der Waals surface area contributed by atoms with Crippen LogP contribution in [0.4, 0.5) is 4.79 Å². The van der Waals surface area contributed by atoms with Gasteiger partial charge in [0.1, 0.15) is 5.60 Å². The predicted octanol–water partition coefficient (Wildman–Crippen LogP) is 2.42. The van der Waals surface area contributed by atoms with E-state index in [2.05, 4.69) is 0 Å². The summed E-state index contributed by atoms with van der Waals surface area (Å²) in [5, 5.41) is 0. The molecule has 5 nitrogen and oxygen atoms in total. The molecule has 19 heavy (non-hydrogen) atoms. The number of carbonyl (C=O) groups is 2. The third kappa shape index (κ3) is 4.00. The number of nitrogens with zero attached hydrogens (tertiary/aromatic N) is 1. The highest BCUT2D eigenvalue weighted by molar-refractivity contribution is 6.19. The van der Waals surface area contributed by atoms with Gasteiger partial charge >= 0.3 is 12.1 Å². The lowest BCUT2D eigenvalue weighted by molar-refractivity contribution is -0.154. The summed E-state index contributed by atoms with van der Waals surface area (Å²) in [5.74, 6) is -0.0895. The Morgan fingerprint density at radius 3 is 2.16 bits per heavy atom. The first-order chi connectivity index (χ1) is 8.74. The van der Waals surface area contributed by atoms with Crippen molar-refractivity contribution in [1.82, 2.24) is 4.90 Å². The van der Waals surface area contributed by atoms with Crippen molar-refractivity contribution in [1.29, 1.82) is 0 Å². The summed E-state index contributed by atoms with van der Waals surface area (Å²) in [6, 6.07) is 0. The predicted molar refractivity (Wildman–Crippen MR) is 72.2 cm³/mol. The number of hydrogen-bond donors (Lipinski definition) is 0. The highest BCUT2D eigenvalue weighted by Crippen LogP contribution is 2.34. The number of alkyl halides is 1. The molecule has 0 bridgehead atoms. The van der Waals surface area contributed by atoms with Crippen LogP contribution < -0.4 is 0 Å². The molecule has 1 aliphatic rings. The van der Waals surface area contributed by atoms with E-state index in [4.69, 9.17) is 21.1 Å². The Morgan fingerprint density at radius 2 is 1.79 bits per heavy atom. The minimum absolute atomic E-state index is 0.210. The van der Waals surface area contributed by atoms with E-state index in [0.717, 1.165) is 0 Å². The molecule has 1 amide bonds. The Labute approximate surface area is 119 Å². The zero-order chi connectivity index (χ0) is 14.7. The van der Waals surface area contributed by atoms with Gasteiger partial charge in [0.15, 0.2) is 0 Å². The van der Waals surface area contributed by atoms with E-state index in [1.54, 1.807) is 4.90 Å². The minimum Gasteiger partial charge on any atom is -0.469 e. The van der Waals surface area contributed by atoms with Crippen LogP contribution >= 0.6 is 11.6 Å². The summed E-state index contributed by atoms with van der Waals surface area (Å²) >= 11 is 5.91. The van der Waals surface area contributed by atoms with E-state index < -0.39 is 11.0 Å². The van der Waals surface area contributed by atoms with Gasteiger partial charge < -0.3 is 14.4 Å². The summed E-state index contributed by atoms with van der Waals surface area (Å²) in [5.41, 5.74) is -1.19. The van der Waals surface area contributed by atoms with Gasteiger partial charge in [0.2, 0.25) is 0 Å². The molecule has 0 radical (unpaired) electrons. The second kappa shape index (κ2) is 5.99. The molecule has 0 unspecified atom stereocenters. The zero-order valence-electron chi connectivity index (χ0n) is 12.0. The van der Waals surface area contributed by atoms with Gasteiger partial charge in [-0.25, -0.2) is 4.79 Å². The van der Waals surface area contributed by atoms with E-state index >= 15 is 0 Å². The minimum atomic E-state index is -0.672. The van der Waals surface area contributed by atoms with Crippen LogP contribution in [0.25, 0.3) is 0 Å². The van der Waals surface area contributed by atoms with E-state index in [9.17, 15) is 9.59 Å². The maximum absolute atomic E-state index is 11.9. The highest BCUT2D eigenvalue weighted by atomic mass is 35.5. The smallest absolute Gasteiger partial charge is 0.410 e. The average Bonchev–Trinajstić information content (AvgIpc) is 2.35. The molecule has 1 aliphatic heterocycles. The number of esters is 1. The van der Waals surface area contributed by atoms with E-state index in [1.165, 1.54) is 7.11 Å². The molecule has 6 heteroatoms. The molecule has 110 valence electrons. The number of hydrogen-bond acceptors (Lipinski definition) is 4. The number of rotatable bonds is 2. The summed E-state index contributed by atoms with van der Waals surface area (Å²) in [6.07, 6.45) is 0.658. The van der Waals surface area contributed by atoms with Gasteiger partial charge in [-0.05, 0) is 33.6 Å². The fraction of sp³-hybridized carbons (Fsp3) is 0.846. The lowest BCUT2D eigenvalue weighted by Crippen LogP contribution is -2.49. The number of carbonyl (C=O) groups excluding carboxylic acids is 2. The fourth-order valence-electron chi connectivity index (χ4n) is 2.05. The van der Waals surface area contributed by atoms with Gasteiger partial charge in [-0.3, -0.25) is 4.79 Å². The molecule has 0 aliphatic carbocycles. The Balaban J connectivity index is 2.61. The average molecular weight is 292 g/mol. The van der Waals surface area contributed by atoms with Crippen LogP contribution in [0.1, 0.15) is 33.6 Å². The quantitative estimate of drug-likeness (QED) is 0.579. The monoisotopic (exact) mass is 291 g/mol. The molecule has 1 fully saturated rings. The first-order valence-corrected chi connectivity index (χ1v) is 6.90. The molecule has 0 spiro atoms. The number of halogens is 1. The standard InChI is InChI=1S/C13H22ClNO4/c1-12(2,3)19-11(17)15-7-5-13(9-14,6-8-15)10(16)18-4/h5-9H2,1-4H3. The number of amides is 1. The van der Waals surface area contributed by atoms with E-state index in [0.29, 0.717) is 25.9 Å². The molecule has 1 rings (SSSR count). The molecule has 0 aromatic heterocycles. The molecule has 1 saturated heterocycles. The fourth-order valence-corrected chi connectivity index (χ4v) is 2.43. The van der Waals surface area contributed by atoms with Crippen molar-refractivity contribution < 1.29 is 19.1 Å². The molecule has 0 aromatic rings. The highest BCUT2D eigenvalue weighted by Gasteiger charge is 2.43. The number of likely N-dealkylation sites (tertiary alicyclic amines) is 1. The largest absolute Gasteiger partial charge is 0.469 e. The SMILES string of the molecule is COC(=O)C1(CCl)CCN(C(=O)OC(C)(C)C)CC1. The Kier molecular flexibility index (Phi) is 5.07. The number of ether oxygens (including phenoxy) is 2. The van der Waals surface area contributed by atoms with Crippen molar-refractivity contribution >= 4 is 23.7 Å². The van der Waals surface area contributed by atoms with Crippen molar-refractivity contribution in [2.45, 2.75) is 39.2 Å². The van der Waals surface area contributed by atoms with Gasteiger partial charge in [0, 0.05) is 19.0 Å². The third-order valence-electron chi connectivity index (χ3n) is 3.25. The lowest BCUT2D eigenvalue weighted by Gasteiger charge is -2.38. The van der Waals surface area contributed by atoms with Crippen LogP contribution in [0.15, 0.2) is 0 Å². The summed E-state index contributed by atoms with van der Waals surface area (Å²) in [7, 11) is 1.36. The topological polar surface area (TPSA) is 55.8 Å². The van der Waals surface area contributed by atoms with Crippen LogP contribution in [0.2, 0.25) is 0 Å². The van der Waals surface area contributed by atoms with Crippen molar-refractivity contribution in [2.75, 3.05) is 26.1 Å². The van der Waals surface area contributed by atoms with Gasteiger partial charge in [0.25, 0.3) is 0 Å². The van der Waals surface area contributed by atoms with Crippen molar-refractivity contribution in [3.63, 3.8) is 0 Å². The molecule has 0 N–H and O–H groups in total. The van der Waals surface area contributed by atoms with Crippen molar-refractivity contribution in [3.8, 4) is 0 Å². The van der Waals surface area contributed by atoms with Crippen LogP contribution in [-0.4, -0.2) is 48.6 Å². The summed E-state index contributed by atoms with van der Waals surface area (Å²) < 4.78 is 10.1. The second-order valence-corrected chi connectivity index (χ2v) is 6.14. The lowest BCUT2D eigenvalue weighted by atomic mass is 9.80. The van der Waals surface area contributed by atoms with Crippen LogP contribution in [0, 0.1) is 5.41 Å². The maximum atomic E-state index is 11.9. The first kappa shape index (κ1) is 16.1. The van der Waals surface area contributed by atoms with Gasteiger partial charge in [0.05, 0.1) is 12.5 Å². The molecule has 0 saturated carbocycles. The Hall–Kier alpha value is -0.970. The van der Waals surface area contributed by atoms with Crippen LogP contribution in [-0.2, 0) is 14.3 Å². The zero-order valence-corrected chi connectivity index (χ0v) is 12.7. The van der Waals surface area contributed by atoms with E-state index in [-0.39, 0.29) is 17.9 Å². The molecule has 0 aromatic carbocycles. The second-order valence-electron chi connectivity index (χ2n) is 5.87. The van der Waals surface area contributed by atoms with E-state index in [1.807, 2.05) is 20.8 Å². The Morgan fingerprint density at radius 1 is 1.26 bits per heavy atom. The molecular formula is C13H22ClNO4. The van der Waals surface area contributed by atoms with Gasteiger partial charge in [-0.1, -0.05) is 0 Å². The molecule has 0 atom stereocenters. The normalized spacial score (nSPS) is 18.9. The first-order valence-electron chi connectivity index (χ1n) is 6.36. The molecular weight excluding hydrogens is 270 g/mol. The van der Waals surface area contributed by atoms with Crippen LogP contribution in [0.5, 0.6) is 0 Å². The van der Waals surface area contributed by atoms with Crippen LogP contribution in [0.3, 0.4) is 0 Å². The summed E-state index contributed by atoms with van der Waals surface area (Å²) in [4.78, 5) is 25.3. The summed E-state index contributed by atoms with van der Waals surface area (Å²) in [6.45, 7) is 6.39. The Bertz CT molecular complexity index is 343.